The number of carbonyl (C=O) groups is 3. The minimum absolute atomic E-state index is 0.108. The van der Waals surface area contributed by atoms with Crippen LogP contribution in [0.5, 0.6) is 5.75 Å². The summed E-state index contributed by atoms with van der Waals surface area (Å²) in [7, 11) is 0. The number of carbonyl (C=O) groups excluding carboxylic acids is 1. The van der Waals surface area contributed by atoms with Crippen molar-refractivity contribution in [2.45, 2.75) is 19.1 Å². The lowest BCUT2D eigenvalue weighted by Gasteiger charge is -2.36. The fourth-order valence-electron chi connectivity index (χ4n) is 4.59. The van der Waals surface area contributed by atoms with E-state index in [1.807, 2.05) is 53.1 Å². The molecule has 1 unspecified atom stereocenters. The van der Waals surface area contributed by atoms with Crippen LogP contribution in [0, 0.1) is 0 Å². The van der Waals surface area contributed by atoms with Crippen LogP contribution in [0.2, 0.25) is 0 Å². The van der Waals surface area contributed by atoms with Gasteiger partial charge >= 0.3 is 5.97 Å². The molecule has 10 heteroatoms. The van der Waals surface area contributed by atoms with E-state index in [2.05, 4.69) is 22.3 Å². The summed E-state index contributed by atoms with van der Waals surface area (Å²) in [6.07, 6.45) is 1.80. The van der Waals surface area contributed by atoms with Crippen LogP contribution in [0.15, 0.2) is 91.1 Å². The average Bonchev–Trinajstić information content (AvgIpc) is 3.42. The van der Waals surface area contributed by atoms with Gasteiger partial charge in [-0.05, 0) is 35.4 Å². The second-order valence-electron chi connectivity index (χ2n) is 8.98. The van der Waals surface area contributed by atoms with Gasteiger partial charge in [0.15, 0.2) is 0 Å². The quantitative estimate of drug-likeness (QED) is 0.273. The highest BCUT2D eigenvalue weighted by atomic mass is 16.5. The number of carboxylic acids is 1. The zero-order valence-corrected chi connectivity index (χ0v) is 21.7. The van der Waals surface area contributed by atoms with Gasteiger partial charge < -0.3 is 24.8 Å². The van der Waals surface area contributed by atoms with Gasteiger partial charge in [0.25, 0.3) is 12.4 Å². The second kappa shape index (κ2) is 13.7. The van der Waals surface area contributed by atoms with E-state index < -0.39 is 5.97 Å². The maximum atomic E-state index is 13.0. The maximum Gasteiger partial charge on any atom is 0.335 e. The molecule has 206 valence electrons. The summed E-state index contributed by atoms with van der Waals surface area (Å²) in [5.74, 6) is 0.356. The van der Waals surface area contributed by atoms with E-state index in [4.69, 9.17) is 19.6 Å². The van der Waals surface area contributed by atoms with Crippen molar-refractivity contribution < 1.29 is 29.3 Å². The summed E-state index contributed by atoms with van der Waals surface area (Å²) >= 11 is 0. The molecule has 3 aromatic carbocycles. The van der Waals surface area contributed by atoms with Gasteiger partial charge in [0, 0.05) is 32.4 Å². The van der Waals surface area contributed by atoms with Crippen molar-refractivity contribution in [3.8, 4) is 5.75 Å². The standard InChI is InChI=1S/C29H28N4O4.CH2O2/c34-28(30-19-21-8-7-11-23(18-21)29(35)36)25-20-33-15-14-32(16-17-37-24-12-5-2-6-13-24)26(27(33)31-25)22-9-3-1-4-10-22;2-1-3/h1-13,18,20,26H,14-17,19H2,(H,30,34)(H,35,36);1H,(H,2,3). The first-order chi connectivity index (χ1) is 19.5. The number of hydrogen-bond donors (Lipinski definition) is 3. The van der Waals surface area contributed by atoms with E-state index >= 15 is 0 Å². The van der Waals surface area contributed by atoms with Crippen molar-refractivity contribution >= 4 is 18.3 Å². The Kier molecular flexibility index (Phi) is 9.62. The summed E-state index contributed by atoms with van der Waals surface area (Å²) in [6, 6.07) is 26.3. The monoisotopic (exact) mass is 542 g/mol. The van der Waals surface area contributed by atoms with Crippen molar-refractivity contribution in [1.82, 2.24) is 19.8 Å². The Labute approximate surface area is 231 Å². The third-order valence-electron chi connectivity index (χ3n) is 6.41. The number of nitrogens with one attached hydrogen (secondary N) is 1. The summed E-state index contributed by atoms with van der Waals surface area (Å²) in [6.45, 7) is 2.72. The summed E-state index contributed by atoms with van der Waals surface area (Å²) in [4.78, 5) is 39.6. The fraction of sp³-hybridized carbons (Fsp3) is 0.200. The van der Waals surface area contributed by atoms with Gasteiger partial charge in [0.1, 0.15) is 23.9 Å². The van der Waals surface area contributed by atoms with Gasteiger partial charge in [-0.15, -0.1) is 0 Å². The fourth-order valence-corrected chi connectivity index (χ4v) is 4.59. The smallest absolute Gasteiger partial charge is 0.335 e. The third kappa shape index (κ3) is 7.12. The Morgan fingerprint density at radius 2 is 1.70 bits per heavy atom. The predicted octanol–water partition coefficient (Wildman–Crippen LogP) is 3.70. The third-order valence-corrected chi connectivity index (χ3v) is 6.41. The van der Waals surface area contributed by atoms with E-state index in [1.165, 1.54) is 6.07 Å². The Bertz CT molecular complexity index is 1420. The summed E-state index contributed by atoms with van der Waals surface area (Å²) in [5.41, 5.74) is 2.34. The van der Waals surface area contributed by atoms with Gasteiger partial charge in [0.05, 0.1) is 11.6 Å². The number of para-hydroxylation sites is 1. The molecule has 0 aliphatic carbocycles. The summed E-state index contributed by atoms with van der Waals surface area (Å²) < 4.78 is 8.00. The molecule has 5 rings (SSSR count). The van der Waals surface area contributed by atoms with Gasteiger partial charge in [-0.3, -0.25) is 14.5 Å². The number of carboxylic acid groups (broad SMARTS) is 2. The molecule has 10 nitrogen and oxygen atoms in total. The van der Waals surface area contributed by atoms with E-state index in [0.29, 0.717) is 31.0 Å². The van der Waals surface area contributed by atoms with Gasteiger partial charge in [-0.1, -0.05) is 60.7 Å². The molecule has 0 bridgehead atoms. The van der Waals surface area contributed by atoms with Crippen LogP contribution >= 0.6 is 0 Å². The molecular weight excluding hydrogens is 512 g/mol. The van der Waals surface area contributed by atoms with Crippen molar-refractivity contribution in [3.05, 3.63) is 119 Å². The minimum atomic E-state index is -0.999. The lowest BCUT2D eigenvalue weighted by molar-refractivity contribution is -0.122. The number of rotatable bonds is 9. The van der Waals surface area contributed by atoms with Crippen molar-refractivity contribution in [2.24, 2.45) is 0 Å². The van der Waals surface area contributed by atoms with E-state index in [-0.39, 0.29) is 30.5 Å². The number of aromatic carboxylic acids is 1. The first kappa shape index (κ1) is 28.1. The lowest BCUT2D eigenvalue weighted by atomic mass is 10.0. The van der Waals surface area contributed by atoms with Crippen molar-refractivity contribution in [3.63, 3.8) is 0 Å². The van der Waals surface area contributed by atoms with E-state index in [9.17, 15) is 14.7 Å². The lowest BCUT2D eigenvalue weighted by Crippen LogP contribution is -2.41. The molecule has 2 heterocycles. The number of imidazole rings is 1. The van der Waals surface area contributed by atoms with Gasteiger partial charge in [0.2, 0.25) is 0 Å². The molecular formula is C30H30N4O6. The van der Waals surface area contributed by atoms with Crippen LogP contribution in [0.4, 0.5) is 0 Å². The number of fused-ring (bicyclic) bond motifs is 1. The average molecular weight is 543 g/mol. The molecule has 4 aromatic rings. The minimum Gasteiger partial charge on any atom is -0.492 e. The van der Waals surface area contributed by atoms with Crippen LogP contribution in [-0.4, -0.2) is 62.7 Å². The van der Waals surface area contributed by atoms with Crippen LogP contribution in [-0.2, 0) is 17.9 Å². The Morgan fingerprint density at radius 1 is 1.00 bits per heavy atom. The zero-order chi connectivity index (χ0) is 28.3. The molecule has 0 spiro atoms. The highest BCUT2D eigenvalue weighted by molar-refractivity contribution is 5.92. The Balaban J connectivity index is 0.00000118. The Hall–Kier alpha value is -4.96. The number of aromatic nitrogens is 2. The molecule has 1 aliphatic rings. The van der Waals surface area contributed by atoms with Crippen LogP contribution in [0.25, 0.3) is 0 Å². The molecule has 3 N–H and O–H groups in total. The number of benzene rings is 3. The van der Waals surface area contributed by atoms with Crippen molar-refractivity contribution in [2.75, 3.05) is 19.7 Å². The first-order valence-electron chi connectivity index (χ1n) is 12.7. The largest absolute Gasteiger partial charge is 0.492 e. The number of ether oxygens (including phenoxy) is 1. The molecule has 1 aromatic heterocycles. The highest BCUT2D eigenvalue weighted by Crippen LogP contribution is 2.31. The van der Waals surface area contributed by atoms with Crippen LogP contribution in [0.1, 0.15) is 43.8 Å². The number of amides is 1. The van der Waals surface area contributed by atoms with Crippen molar-refractivity contribution in [1.29, 1.82) is 0 Å². The second-order valence-corrected chi connectivity index (χ2v) is 8.98. The zero-order valence-electron chi connectivity index (χ0n) is 21.7. The molecule has 40 heavy (non-hydrogen) atoms. The van der Waals surface area contributed by atoms with Gasteiger partial charge in [-0.25, -0.2) is 9.78 Å². The van der Waals surface area contributed by atoms with Crippen LogP contribution in [0.3, 0.4) is 0 Å². The predicted molar refractivity (Wildman–Crippen MR) is 147 cm³/mol. The van der Waals surface area contributed by atoms with Crippen LogP contribution < -0.4 is 10.1 Å². The number of nitrogens with zero attached hydrogens (tertiary/aromatic N) is 3. The maximum absolute atomic E-state index is 13.0. The molecule has 1 amide bonds. The SMILES string of the molecule is O=C(O)c1cccc(CNC(=O)c2cn3c(n2)C(c2ccccc2)N(CCOc2ccccc2)CC3)c1.O=CO. The molecule has 1 atom stereocenters. The Morgan fingerprint density at radius 3 is 2.40 bits per heavy atom. The molecule has 0 saturated heterocycles. The molecule has 0 saturated carbocycles. The summed E-state index contributed by atoms with van der Waals surface area (Å²) in [5, 5.41) is 19.0. The number of hydrogen-bond acceptors (Lipinski definition) is 6. The van der Waals surface area contributed by atoms with E-state index in [1.54, 1.807) is 24.4 Å². The molecule has 1 aliphatic heterocycles. The van der Waals surface area contributed by atoms with E-state index in [0.717, 1.165) is 23.7 Å². The molecule has 0 radical (unpaired) electrons. The molecule has 0 fully saturated rings. The highest BCUT2D eigenvalue weighted by Gasteiger charge is 2.32. The first-order valence-corrected chi connectivity index (χ1v) is 12.7. The normalized spacial score (nSPS) is 14.2. The van der Waals surface area contributed by atoms with Gasteiger partial charge in [-0.2, -0.15) is 0 Å². The topological polar surface area (TPSA) is 134 Å².